The van der Waals surface area contributed by atoms with Crippen molar-refractivity contribution in [2.45, 2.75) is 38.7 Å². The molecule has 2 rings (SSSR count). The van der Waals surface area contributed by atoms with Crippen LogP contribution in [-0.4, -0.2) is 19.7 Å². The number of rotatable bonds is 3. The average Bonchev–Trinajstić information content (AvgIpc) is 2.85. The van der Waals surface area contributed by atoms with Crippen molar-refractivity contribution in [3.8, 4) is 0 Å². The maximum Gasteiger partial charge on any atom is 0.0965 e. The highest BCUT2D eigenvalue weighted by Crippen LogP contribution is 2.32. The summed E-state index contributed by atoms with van der Waals surface area (Å²) in [5.74, 6) is 0. The van der Waals surface area contributed by atoms with Crippen LogP contribution in [0.2, 0.25) is 0 Å². The molecule has 2 aromatic heterocycles. The molecule has 0 saturated heterocycles. The van der Waals surface area contributed by atoms with Crippen molar-refractivity contribution in [1.29, 1.82) is 0 Å². The monoisotopic (exact) mass is 269 g/mol. The Kier molecular flexibility index (Phi) is 3.56. The smallest absolute Gasteiger partial charge is 0.0965 e. The first-order chi connectivity index (χ1) is 7.98. The summed E-state index contributed by atoms with van der Waals surface area (Å²) in [4.78, 5) is 5.95. The molecular formula is C11H15N3OS2. The number of aliphatic hydroxyl groups is 1. The van der Waals surface area contributed by atoms with E-state index in [1.807, 2.05) is 0 Å². The second kappa shape index (κ2) is 4.80. The molecule has 0 amide bonds. The standard InChI is InChI=1S/C11H15N3OS2/c1-11(2,3)10-9(17-14-13-10)8(15)4-7-5-12-6-16-7/h5-6,8,15H,4H2,1-3H3. The van der Waals surface area contributed by atoms with Gasteiger partial charge >= 0.3 is 0 Å². The van der Waals surface area contributed by atoms with Gasteiger partial charge in [-0.3, -0.25) is 4.98 Å². The van der Waals surface area contributed by atoms with Crippen LogP contribution in [0.1, 0.15) is 42.3 Å². The minimum Gasteiger partial charge on any atom is -0.387 e. The molecule has 0 fully saturated rings. The van der Waals surface area contributed by atoms with E-state index in [0.717, 1.165) is 15.4 Å². The molecule has 1 unspecified atom stereocenters. The first kappa shape index (κ1) is 12.6. The van der Waals surface area contributed by atoms with Crippen LogP contribution in [0.3, 0.4) is 0 Å². The molecule has 0 aliphatic carbocycles. The normalized spacial score (nSPS) is 13.9. The number of aromatic nitrogens is 3. The lowest BCUT2D eigenvalue weighted by Gasteiger charge is -2.18. The van der Waals surface area contributed by atoms with Gasteiger partial charge in [0.2, 0.25) is 0 Å². The second-order valence-corrected chi connectivity index (χ2v) is 6.68. The third-order valence-corrected chi connectivity index (χ3v) is 4.03. The first-order valence-corrected chi connectivity index (χ1v) is 7.02. The highest BCUT2D eigenvalue weighted by molar-refractivity contribution is 7.09. The molecule has 0 radical (unpaired) electrons. The minimum atomic E-state index is -0.537. The molecule has 92 valence electrons. The van der Waals surface area contributed by atoms with E-state index >= 15 is 0 Å². The van der Waals surface area contributed by atoms with Gasteiger partial charge in [-0.25, -0.2) is 0 Å². The fourth-order valence-electron chi connectivity index (χ4n) is 1.56. The van der Waals surface area contributed by atoms with Gasteiger partial charge < -0.3 is 5.11 Å². The quantitative estimate of drug-likeness (QED) is 0.930. The van der Waals surface area contributed by atoms with Gasteiger partial charge in [0.05, 0.1) is 22.2 Å². The molecule has 6 heteroatoms. The topological polar surface area (TPSA) is 58.9 Å². The molecule has 0 aliphatic rings. The van der Waals surface area contributed by atoms with E-state index in [-0.39, 0.29) is 5.41 Å². The lowest BCUT2D eigenvalue weighted by Crippen LogP contribution is -2.16. The van der Waals surface area contributed by atoms with Gasteiger partial charge in [-0.05, 0) is 11.5 Å². The van der Waals surface area contributed by atoms with E-state index in [1.54, 1.807) is 23.0 Å². The van der Waals surface area contributed by atoms with Gasteiger partial charge in [-0.15, -0.1) is 16.4 Å². The van der Waals surface area contributed by atoms with E-state index < -0.39 is 6.10 Å². The number of aliphatic hydroxyl groups excluding tert-OH is 1. The van der Waals surface area contributed by atoms with Gasteiger partial charge in [0.25, 0.3) is 0 Å². The van der Waals surface area contributed by atoms with Gasteiger partial charge in [-0.2, -0.15) is 0 Å². The molecule has 0 aliphatic heterocycles. The summed E-state index contributed by atoms with van der Waals surface area (Å²) in [7, 11) is 0. The summed E-state index contributed by atoms with van der Waals surface area (Å²) in [6, 6.07) is 0. The van der Waals surface area contributed by atoms with E-state index in [9.17, 15) is 5.11 Å². The third-order valence-electron chi connectivity index (χ3n) is 2.40. The summed E-state index contributed by atoms with van der Waals surface area (Å²) >= 11 is 2.83. The van der Waals surface area contributed by atoms with E-state index in [1.165, 1.54) is 11.5 Å². The van der Waals surface area contributed by atoms with E-state index in [0.29, 0.717) is 6.42 Å². The Morgan fingerprint density at radius 1 is 1.41 bits per heavy atom. The number of nitrogens with zero attached hydrogens (tertiary/aromatic N) is 3. The average molecular weight is 269 g/mol. The van der Waals surface area contributed by atoms with Gasteiger partial charge in [0.1, 0.15) is 0 Å². The summed E-state index contributed by atoms with van der Waals surface area (Å²) in [6.45, 7) is 6.23. The van der Waals surface area contributed by atoms with Gasteiger partial charge in [0, 0.05) is 22.9 Å². The lowest BCUT2D eigenvalue weighted by molar-refractivity contribution is 0.180. The van der Waals surface area contributed by atoms with Gasteiger partial charge in [0.15, 0.2) is 0 Å². The van der Waals surface area contributed by atoms with Crippen LogP contribution in [0.5, 0.6) is 0 Å². The van der Waals surface area contributed by atoms with Gasteiger partial charge in [-0.1, -0.05) is 25.3 Å². The summed E-state index contributed by atoms with van der Waals surface area (Å²) < 4.78 is 3.96. The summed E-state index contributed by atoms with van der Waals surface area (Å²) in [5.41, 5.74) is 2.58. The molecule has 2 aromatic rings. The molecular weight excluding hydrogens is 254 g/mol. The molecule has 0 spiro atoms. The van der Waals surface area contributed by atoms with Crippen LogP contribution in [0.15, 0.2) is 11.7 Å². The lowest BCUT2D eigenvalue weighted by atomic mass is 9.90. The molecule has 0 saturated carbocycles. The van der Waals surface area contributed by atoms with Crippen LogP contribution < -0.4 is 0 Å². The number of thiazole rings is 1. The Hall–Kier alpha value is -0.850. The number of hydrogen-bond donors (Lipinski definition) is 1. The fraction of sp³-hybridized carbons (Fsp3) is 0.545. The molecule has 1 N–H and O–H groups in total. The summed E-state index contributed by atoms with van der Waals surface area (Å²) in [5, 5.41) is 14.4. The maximum absolute atomic E-state index is 10.2. The Balaban J connectivity index is 2.20. The largest absolute Gasteiger partial charge is 0.387 e. The van der Waals surface area contributed by atoms with Crippen LogP contribution >= 0.6 is 22.9 Å². The van der Waals surface area contributed by atoms with Crippen molar-refractivity contribution in [3.63, 3.8) is 0 Å². The zero-order valence-electron chi connectivity index (χ0n) is 10.0. The Labute approximate surface area is 109 Å². The Morgan fingerprint density at radius 3 is 2.76 bits per heavy atom. The Morgan fingerprint density at radius 2 is 2.18 bits per heavy atom. The maximum atomic E-state index is 10.2. The number of hydrogen-bond acceptors (Lipinski definition) is 6. The molecule has 17 heavy (non-hydrogen) atoms. The molecule has 2 heterocycles. The van der Waals surface area contributed by atoms with Crippen molar-refractivity contribution >= 4 is 22.9 Å². The minimum absolute atomic E-state index is 0.0863. The predicted octanol–water partition coefficient (Wildman–Crippen LogP) is 2.57. The van der Waals surface area contributed by atoms with Crippen molar-refractivity contribution in [3.05, 3.63) is 27.2 Å². The van der Waals surface area contributed by atoms with Crippen molar-refractivity contribution < 1.29 is 5.11 Å². The molecule has 4 nitrogen and oxygen atoms in total. The molecule has 0 bridgehead atoms. The van der Waals surface area contributed by atoms with Crippen LogP contribution in [0.4, 0.5) is 0 Å². The molecule has 1 atom stereocenters. The van der Waals surface area contributed by atoms with Crippen molar-refractivity contribution in [1.82, 2.24) is 14.6 Å². The predicted molar refractivity (Wildman–Crippen MR) is 69.4 cm³/mol. The van der Waals surface area contributed by atoms with Crippen LogP contribution in [-0.2, 0) is 11.8 Å². The van der Waals surface area contributed by atoms with Crippen LogP contribution in [0, 0.1) is 0 Å². The van der Waals surface area contributed by atoms with E-state index in [4.69, 9.17) is 0 Å². The highest BCUT2D eigenvalue weighted by atomic mass is 32.1. The first-order valence-electron chi connectivity index (χ1n) is 5.36. The van der Waals surface area contributed by atoms with Crippen LogP contribution in [0.25, 0.3) is 0 Å². The fourth-order valence-corrected chi connectivity index (χ4v) is 3.04. The van der Waals surface area contributed by atoms with Crippen molar-refractivity contribution in [2.75, 3.05) is 0 Å². The van der Waals surface area contributed by atoms with E-state index in [2.05, 4.69) is 35.3 Å². The molecule has 0 aromatic carbocycles. The third kappa shape index (κ3) is 2.88. The second-order valence-electron chi connectivity index (χ2n) is 4.92. The Bertz CT molecular complexity index is 473. The zero-order valence-corrected chi connectivity index (χ0v) is 11.7. The highest BCUT2D eigenvalue weighted by Gasteiger charge is 2.26. The SMILES string of the molecule is CC(C)(C)c1nnsc1C(O)Cc1cncs1. The zero-order chi connectivity index (χ0) is 12.5. The van der Waals surface area contributed by atoms with Crippen molar-refractivity contribution in [2.24, 2.45) is 0 Å². The summed E-state index contributed by atoms with van der Waals surface area (Å²) in [6.07, 6.45) is 1.83.